The third-order valence-electron chi connectivity index (χ3n) is 5.42. The molecule has 20 heavy (non-hydrogen) atoms. The smallest absolute Gasteiger partial charge is 0.257 e. The number of carbonyl (C=O) groups excluding carboxylic acids is 1. The second-order valence-electron chi connectivity index (χ2n) is 6.80. The molecule has 1 N–H and O–H groups in total. The van der Waals surface area contributed by atoms with Crippen molar-refractivity contribution >= 4 is 18.1 Å². The fraction of sp³-hybridized carbons (Fsp3) is 0.625. The predicted octanol–water partition coefficient (Wildman–Crippen LogP) is 3.39. The van der Waals surface area contributed by atoms with E-state index in [4.69, 9.17) is 12.2 Å². The molecule has 1 aromatic heterocycles. The van der Waals surface area contributed by atoms with Gasteiger partial charge in [-0.05, 0) is 62.0 Å². The fourth-order valence-corrected chi connectivity index (χ4v) is 5.00. The van der Waals surface area contributed by atoms with Gasteiger partial charge in [-0.3, -0.25) is 4.79 Å². The Bertz CT molecular complexity index is 582. The van der Waals surface area contributed by atoms with E-state index in [1.165, 1.54) is 32.1 Å². The van der Waals surface area contributed by atoms with E-state index in [9.17, 15) is 4.79 Å². The van der Waals surface area contributed by atoms with Gasteiger partial charge in [-0.25, -0.2) is 0 Å². The van der Waals surface area contributed by atoms with E-state index in [1.807, 2.05) is 12.1 Å². The van der Waals surface area contributed by atoms with Crippen LogP contribution in [0.15, 0.2) is 18.3 Å². The summed E-state index contributed by atoms with van der Waals surface area (Å²) in [5.41, 5.74) is 0.670. The van der Waals surface area contributed by atoms with Gasteiger partial charge in [-0.1, -0.05) is 12.2 Å². The van der Waals surface area contributed by atoms with E-state index in [0.717, 1.165) is 24.3 Å². The van der Waals surface area contributed by atoms with Crippen molar-refractivity contribution in [3.8, 4) is 0 Å². The van der Waals surface area contributed by atoms with E-state index < -0.39 is 0 Å². The van der Waals surface area contributed by atoms with E-state index in [0.29, 0.717) is 16.2 Å². The average molecular weight is 288 g/mol. The molecule has 1 aromatic rings. The van der Waals surface area contributed by atoms with Crippen molar-refractivity contribution in [2.24, 2.45) is 17.8 Å². The van der Waals surface area contributed by atoms with Crippen LogP contribution in [0.1, 0.15) is 42.5 Å². The summed E-state index contributed by atoms with van der Waals surface area (Å²) in [6, 6.07) is 4.18. The zero-order chi connectivity index (χ0) is 13.7. The number of fused-ring (bicyclic) bond motifs is 1. The topological polar surface area (TPSA) is 36.1 Å². The highest BCUT2D eigenvalue weighted by Crippen LogP contribution is 2.47. The largest absolute Gasteiger partial charge is 0.352 e. The van der Waals surface area contributed by atoms with Gasteiger partial charge < -0.3 is 9.88 Å². The second-order valence-corrected chi connectivity index (χ2v) is 7.21. The second kappa shape index (κ2) is 4.69. The number of rotatable bonds is 1. The first-order valence-electron chi connectivity index (χ1n) is 7.69. The third kappa shape index (κ3) is 2.01. The molecule has 1 amide bonds. The zero-order valence-electron chi connectivity index (χ0n) is 11.5. The lowest BCUT2D eigenvalue weighted by molar-refractivity contribution is 0.0631. The maximum absolute atomic E-state index is 12.9. The molecular weight excluding hydrogens is 268 g/mol. The van der Waals surface area contributed by atoms with Crippen molar-refractivity contribution in [2.75, 3.05) is 6.54 Å². The molecule has 0 radical (unpaired) electrons. The number of H-pyrrole nitrogens is 1. The average Bonchev–Trinajstić information content (AvgIpc) is 2.62. The lowest BCUT2D eigenvalue weighted by Gasteiger charge is -2.39. The minimum atomic E-state index is 0.144. The Balaban J connectivity index is 1.67. The lowest BCUT2D eigenvalue weighted by atomic mass is 9.68. The summed E-state index contributed by atoms with van der Waals surface area (Å²) in [4.78, 5) is 18.0. The molecule has 4 aliphatic rings. The maximum Gasteiger partial charge on any atom is 0.257 e. The molecule has 2 aliphatic carbocycles. The molecule has 4 fully saturated rings. The Morgan fingerprint density at radius 1 is 1.15 bits per heavy atom. The lowest BCUT2D eigenvalue weighted by Crippen LogP contribution is -2.42. The van der Waals surface area contributed by atoms with Gasteiger partial charge in [-0.2, -0.15) is 0 Å². The molecule has 4 atom stereocenters. The van der Waals surface area contributed by atoms with Crippen molar-refractivity contribution in [1.29, 1.82) is 0 Å². The summed E-state index contributed by atoms with van der Waals surface area (Å²) in [5, 5.41) is 0. The number of aromatic amines is 1. The number of nitrogens with one attached hydrogen (secondary N) is 1. The van der Waals surface area contributed by atoms with Gasteiger partial charge in [0.25, 0.3) is 5.91 Å². The van der Waals surface area contributed by atoms with Crippen LogP contribution >= 0.6 is 12.2 Å². The van der Waals surface area contributed by atoms with E-state index in [2.05, 4.69) is 9.88 Å². The molecule has 0 spiro atoms. The Hall–Kier alpha value is -1.16. The summed E-state index contributed by atoms with van der Waals surface area (Å²) in [7, 11) is 0. The highest BCUT2D eigenvalue weighted by Gasteiger charge is 2.44. The molecule has 0 aromatic carbocycles. The summed E-state index contributed by atoms with van der Waals surface area (Å²) in [6.45, 7) is 0.945. The number of aromatic nitrogens is 1. The molecule has 3 nitrogen and oxygen atoms in total. The molecule has 2 saturated carbocycles. The zero-order valence-corrected chi connectivity index (χ0v) is 12.4. The number of nitrogens with zero attached hydrogens (tertiary/aromatic N) is 1. The first kappa shape index (κ1) is 12.6. The third-order valence-corrected chi connectivity index (χ3v) is 5.75. The first-order chi connectivity index (χ1) is 9.70. The number of hydrogen-bond acceptors (Lipinski definition) is 2. The minimum absolute atomic E-state index is 0.144. The van der Waals surface area contributed by atoms with Crippen LogP contribution in [0.4, 0.5) is 0 Å². The summed E-state index contributed by atoms with van der Waals surface area (Å²) < 4.78 is 0.571. The highest BCUT2D eigenvalue weighted by atomic mass is 32.1. The molecule has 2 aliphatic heterocycles. The number of hydrogen-bond donors (Lipinski definition) is 1. The molecule has 4 bridgehead atoms. The molecule has 2 saturated heterocycles. The summed E-state index contributed by atoms with van der Waals surface area (Å²) >= 11 is 5.28. The van der Waals surface area contributed by atoms with Crippen LogP contribution in [0.25, 0.3) is 0 Å². The van der Waals surface area contributed by atoms with Gasteiger partial charge in [0.05, 0.1) is 5.56 Å². The molecule has 3 heterocycles. The van der Waals surface area contributed by atoms with E-state index in [1.54, 1.807) is 6.20 Å². The minimum Gasteiger partial charge on any atom is -0.352 e. The van der Waals surface area contributed by atoms with Crippen LogP contribution in [-0.4, -0.2) is 28.4 Å². The van der Waals surface area contributed by atoms with Crippen LogP contribution in [0.3, 0.4) is 0 Å². The summed E-state index contributed by atoms with van der Waals surface area (Å²) in [6.07, 6.45) is 8.27. The number of carbonyl (C=O) groups is 1. The molecule has 5 rings (SSSR count). The fourth-order valence-electron chi connectivity index (χ4n) is 4.78. The van der Waals surface area contributed by atoms with Crippen molar-refractivity contribution in [2.45, 2.75) is 38.1 Å². The highest BCUT2D eigenvalue weighted by molar-refractivity contribution is 7.71. The van der Waals surface area contributed by atoms with Crippen LogP contribution in [-0.2, 0) is 0 Å². The van der Waals surface area contributed by atoms with Gasteiger partial charge in [0.1, 0.15) is 4.64 Å². The number of amides is 1. The van der Waals surface area contributed by atoms with E-state index in [-0.39, 0.29) is 5.91 Å². The maximum atomic E-state index is 12.9. The van der Waals surface area contributed by atoms with Crippen LogP contribution in [0.2, 0.25) is 0 Å². The summed E-state index contributed by atoms with van der Waals surface area (Å²) in [5.74, 6) is 2.59. The predicted molar refractivity (Wildman–Crippen MR) is 80.0 cm³/mol. The van der Waals surface area contributed by atoms with Gasteiger partial charge in [0.2, 0.25) is 0 Å². The SMILES string of the molecule is O=C(c1ccc[nH]c1=S)N1CC2C[C@@H]3CC1C[C@H](C2)C3. The van der Waals surface area contributed by atoms with Gasteiger partial charge in [0.15, 0.2) is 0 Å². The van der Waals surface area contributed by atoms with Crippen LogP contribution in [0.5, 0.6) is 0 Å². The first-order valence-corrected chi connectivity index (χ1v) is 8.10. The molecule has 106 valence electrons. The number of pyridine rings is 1. The van der Waals surface area contributed by atoms with Crippen molar-refractivity contribution in [3.63, 3.8) is 0 Å². The van der Waals surface area contributed by atoms with Crippen LogP contribution in [0, 0.1) is 22.4 Å². The molecular formula is C16H20N2OS. The monoisotopic (exact) mass is 288 g/mol. The van der Waals surface area contributed by atoms with E-state index >= 15 is 0 Å². The quantitative estimate of drug-likeness (QED) is 0.804. The van der Waals surface area contributed by atoms with Crippen molar-refractivity contribution < 1.29 is 4.79 Å². The molecule has 2 unspecified atom stereocenters. The Morgan fingerprint density at radius 3 is 2.55 bits per heavy atom. The standard InChI is InChI=1S/C16H20N2OS/c19-16(14-2-1-3-17-15(14)20)18-9-12-5-10-4-11(6-12)8-13(18)7-10/h1-3,10-13H,4-9H2,(H,17,20)/t10-,11+,12?,13?. The Morgan fingerprint density at radius 2 is 1.85 bits per heavy atom. The van der Waals surface area contributed by atoms with Crippen LogP contribution < -0.4 is 0 Å². The molecule has 4 heteroatoms. The van der Waals surface area contributed by atoms with Gasteiger partial charge >= 0.3 is 0 Å². The normalized spacial score (nSPS) is 35.1. The van der Waals surface area contributed by atoms with Crippen molar-refractivity contribution in [1.82, 2.24) is 9.88 Å². The Kier molecular flexibility index (Phi) is 2.95. The van der Waals surface area contributed by atoms with Crippen molar-refractivity contribution in [3.05, 3.63) is 28.5 Å². The van der Waals surface area contributed by atoms with Gasteiger partial charge in [-0.15, -0.1) is 0 Å². The Labute approximate surface area is 124 Å². The van der Waals surface area contributed by atoms with Gasteiger partial charge in [0, 0.05) is 18.8 Å².